The van der Waals surface area contributed by atoms with Crippen molar-refractivity contribution in [1.82, 2.24) is 14.5 Å². The van der Waals surface area contributed by atoms with Gasteiger partial charge < -0.3 is 15.0 Å². The lowest BCUT2D eigenvalue weighted by molar-refractivity contribution is -0.141. The Hall–Kier alpha value is -4.47. The fraction of sp³-hybridized carbons (Fsp3) is 0.235. The predicted molar refractivity (Wildman–Crippen MR) is 167 cm³/mol. The van der Waals surface area contributed by atoms with Gasteiger partial charge in [-0.3, -0.25) is 9.59 Å². The Balaban J connectivity index is 1.67. The van der Waals surface area contributed by atoms with E-state index < -0.39 is 28.5 Å². The van der Waals surface area contributed by atoms with E-state index in [1.807, 2.05) is 115 Å². The van der Waals surface area contributed by atoms with Crippen LogP contribution in [0.15, 0.2) is 115 Å². The van der Waals surface area contributed by atoms with Crippen LogP contribution in [0.5, 0.6) is 5.75 Å². The molecule has 224 valence electrons. The number of benzene rings is 4. The maximum Gasteiger partial charge on any atom is 0.243 e. The van der Waals surface area contributed by atoms with E-state index in [4.69, 9.17) is 4.74 Å². The molecule has 0 aliphatic heterocycles. The average Bonchev–Trinajstić information content (AvgIpc) is 3.02. The summed E-state index contributed by atoms with van der Waals surface area (Å²) in [6.07, 6.45) is 1.33. The van der Waals surface area contributed by atoms with E-state index in [1.165, 1.54) is 4.90 Å². The maximum absolute atomic E-state index is 14.1. The first-order valence-electron chi connectivity index (χ1n) is 14.0. The molecule has 2 amide bonds. The fourth-order valence-electron chi connectivity index (χ4n) is 4.80. The lowest BCUT2D eigenvalue weighted by atomic mass is 10.0. The molecule has 0 aliphatic rings. The van der Waals surface area contributed by atoms with E-state index in [-0.39, 0.29) is 32.0 Å². The first-order chi connectivity index (χ1) is 20.7. The monoisotopic (exact) mass is 599 g/mol. The van der Waals surface area contributed by atoms with Crippen molar-refractivity contribution in [3.05, 3.63) is 138 Å². The predicted octanol–water partition coefficient (Wildman–Crippen LogP) is 4.41. The number of nitrogens with zero attached hydrogens (tertiary/aromatic N) is 2. The van der Waals surface area contributed by atoms with Gasteiger partial charge in [0.1, 0.15) is 11.8 Å². The Morgan fingerprint density at radius 3 is 1.81 bits per heavy atom. The third-order valence-corrected chi connectivity index (χ3v) is 8.29. The van der Waals surface area contributed by atoms with Crippen molar-refractivity contribution < 1.29 is 22.7 Å². The quantitative estimate of drug-likeness (QED) is 0.232. The number of ether oxygens (including phenoxy) is 1. The van der Waals surface area contributed by atoms with E-state index in [0.29, 0.717) is 5.75 Å². The van der Waals surface area contributed by atoms with Gasteiger partial charge in [0.05, 0.1) is 19.9 Å². The zero-order valence-electron chi connectivity index (χ0n) is 24.4. The molecule has 0 aliphatic carbocycles. The molecule has 1 atom stereocenters. The highest BCUT2D eigenvalue weighted by Crippen LogP contribution is 2.19. The number of methoxy groups -OCH3 is 1. The van der Waals surface area contributed by atoms with Crippen LogP contribution in [0.1, 0.15) is 22.3 Å². The number of rotatable bonds is 14. The van der Waals surface area contributed by atoms with E-state index in [9.17, 15) is 18.0 Å². The number of amides is 2. The molecule has 43 heavy (non-hydrogen) atoms. The summed E-state index contributed by atoms with van der Waals surface area (Å²) in [5, 5.41) is 2.99. The summed E-state index contributed by atoms with van der Waals surface area (Å²) < 4.78 is 32.3. The van der Waals surface area contributed by atoms with Crippen molar-refractivity contribution in [2.75, 3.05) is 19.9 Å². The smallest absolute Gasteiger partial charge is 0.243 e. The molecule has 0 spiro atoms. The van der Waals surface area contributed by atoms with Crippen molar-refractivity contribution in [3.63, 3.8) is 0 Å². The van der Waals surface area contributed by atoms with Gasteiger partial charge in [-0.05, 0) is 22.8 Å². The summed E-state index contributed by atoms with van der Waals surface area (Å²) in [6.45, 7) is -0.0489. The molecule has 0 aromatic heterocycles. The number of sulfonamides is 1. The number of para-hydroxylation sites is 1. The second-order valence-electron chi connectivity index (χ2n) is 10.3. The van der Waals surface area contributed by atoms with Crippen LogP contribution in [-0.4, -0.2) is 55.4 Å². The summed E-state index contributed by atoms with van der Waals surface area (Å²) >= 11 is 0. The van der Waals surface area contributed by atoms with Crippen molar-refractivity contribution >= 4 is 21.8 Å². The summed E-state index contributed by atoms with van der Waals surface area (Å²) in [4.78, 5) is 29.6. The minimum Gasteiger partial charge on any atom is -0.496 e. The molecular formula is C34H37N3O5S. The number of carbonyl (C=O) groups excluding carboxylic acids is 2. The number of hydrogen-bond donors (Lipinski definition) is 1. The minimum atomic E-state index is -3.75. The molecule has 0 bridgehead atoms. The van der Waals surface area contributed by atoms with E-state index >= 15 is 0 Å². The highest BCUT2D eigenvalue weighted by atomic mass is 32.2. The SMILES string of the molecule is COc1ccccc1CNC(=O)[C@H](Cc1ccccc1)N(Cc1ccccc1)C(=O)CN(Cc1ccccc1)S(C)(=O)=O. The third-order valence-electron chi connectivity index (χ3n) is 7.09. The van der Waals surface area contributed by atoms with E-state index in [2.05, 4.69) is 5.32 Å². The Kier molecular flexibility index (Phi) is 11.1. The second-order valence-corrected chi connectivity index (χ2v) is 12.2. The molecule has 0 fully saturated rings. The topological polar surface area (TPSA) is 96.0 Å². The van der Waals surface area contributed by atoms with Gasteiger partial charge in [-0.1, -0.05) is 109 Å². The molecule has 0 heterocycles. The summed E-state index contributed by atoms with van der Waals surface area (Å²) in [6, 6.07) is 34.4. The molecule has 0 unspecified atom stereocenters. The van der Waals surface area contributed by atoms with Crippen LogP contribution in [0.2, 0.25) is 0 Å². The van der Waals surface area contributed by atoms with Crippen LogP contribution in [-0.2, 0) is 45.7 Å². The average molecular weight is 600 g/mol. The Bertz CT molecular complexity index is 1580. The summed E-state index contributed by atoms with van der Waals surface area (Å²) in [7, 11) is -2.18. The zero-order valence-corrected chi connectivity index (χ0v) is 25.2. The number of hydrogen-bond acceptors (Lipinski definition) is 5. The molecule has 0 saturated heterocycles. The highest BCUT2D eigenvalue weighted by molar-refractivity contribution is 7.88. The van der Waals surface area contributed by atoms with Gasteiger partial charge in [-0.25, -0.2) is 8.42 Å². The Labute approximate surface area is 254 Å². The van der Waals surface area contributed by atoms with Crippen molar-refractivity contribution in [2.24, 2.45) is 0 Å². The molecule has 9 heteroatoms. The van der Waals surface area contributed by atoms with Crippen LogP contribution >= 0.6 is 0 Å². The van der Waals surface area contributed by atoms with Crippen LogP contribution < -0.4 is 10.1 Å². The maximum atomic E-state index is 14.1. The molecule has 8 nitrogen and oxygen atoms in total. The largest absolute Gasteiger partial charge is 0.496 e. The normalized spacial score (nSPS) is 12.0. The van der Waals surface area contributed by atoms with Gasteiger partial charge >= 0.3 is 0 Å². The summed E-state index contributed by atoms with van der Waals surface area (Å²) in [5.74, 6) is -0.184. The van der Waals surface area contributed by atoms with Crippen molar-refractivity contribution in [2.45, 2.75) is 32.1 Å². The van der Waals surface area contributed by atoms with Crippen molar-refractivity contribution in [3.8, 4) is 5.75 Å². The molecule has 0 radical (unpaired) electrons. The molecule has 0 saturated carbocycles. The fourth-order valence-corrected chi connectivity index (χ4v) is 5.53. The van der Waals surface area contributed by atoms with Crippen molar-refractivity contribution in [1.29, 1.82) is 0 Å². The van der Waals surface area contributed by atoms with E-state index in [1.54, 1.807) is 7.11 Å². The van der Waals surface area contributed by atoms with Crippen LogP contribution in [0.3, 0.4) is 0 Å². The van der Waals surface area contributed by atoms with Gasteiger partial charge in [0.15, 0.2) is 0 Å². The first kappa shape index (κ1) is 31.5. The zero-order chi connectivity index (χ0) is 30.7. The van der Waals surface area contributed by atoms with Crippen LogP contribution in [0, 0.1) is 0 Å². The van der Waals surface area contributed by atoms with Gasteiger partial charge in [0, 0.05) is 31.6 Å². The Morgan fingerprint density at radius 1 is 0.744 bits per heavy atom. The van der Waals surface area contributed by atoms with Gasteiger partial charge in [0.2, 0.25) is 21.8 Å². The first-order valence-corrected chi connectivity index (χ1v) is 15.9. The van der Waals surface area contributed by atoms with Crippen LogP contribution in [0.4, 0.5) is 0 Å². The lowest BCUT2D eigenvalue weighted by Crippen LogP contribution is -2.53. The number of carbonyl (C=O) groups is 2. The molecular weight excluding hydrogens is 562 g/mol. The summed E-state index contributed by atoms with van der Waals surface area (Å²) in [5.41, 5.74) is 3.24. The van der Waals surface area contributed by atoms with E-state index in [0.717, 1.165) is 32.8 Å². The Morgan fingerprint density at radius 2 is 1.26 bits per heavy atom. The van der Waals surface area contributed by atoms with Crippen LogP contribution in [0.25, 0.3) is 0 Å². The number of nitrogens with one attached hydrogen (secondary N) is 1. The van der Waals surface area contributed by atoms with Gasteiger partial charge in [0.25, 0.3) is 0 Å². The lowest BCUT2D eigenvalue weighted by Gasteiger charge is -2.33. The minimum absolute atomic E-state index is 0.0357. The van der Waals surface area contributed by atoms with Gasteiger partial charge in [-0.15, -0.1) is 0 Å². The highest BCUT2D eigenvalue weighted by Gasteiger charge is 2.33. The molecule has 4 aromatic rings. The van der Waals surface area contributed by atoms with Gasteiger partial charge in [-0.2, -0.15) is 4.31 Å². The molecule has 4 rings (SSSR count). The standard InChI is InChI=1S/C34H37N3O5S/c1-42-32-21-13-12-20-30(32)23-35-34(39)31(22-27-14-6-3-7-15-27)37(25-29-18-10-5-11-19-29)33(38)26-36(43(2,40)41)24-28-16-8-4-9-17-28/h3-21,31H,22-26H2,1-2H3,(H,35,39)/t31-/m0/s1. The molecule has 4 aromatic carbocycles. The molecule has 1 N–H and O–H groups in total. The second kappa shape index (κ2) is 15.1. The third kappa shape index (κ3) is 9.26.